The van der Waals surface area contributed by atoms with Gasteiger partial charge in [-0.2, -0.15) is 0 Å². The first-order valence-electron chi connectivity index (χ1n) is 5.37. The lowest BCUT2D eigenvalue weighted by Gasteiger charge is -2.23. The number of benzene rings is 1. The normalized spacial score (nSPS) is 18.9. The molecule has 4 heteroatoms. The van der Waals surface area contributed by atoms with Gasteiger partial charge in [0.2, 0.25) is 0 Å². The summed E-state index contributed by atoms with van der Waals surface area (Å²) in [6.45, 7) is 1.45. The summed E-state index contributed by atoms with van der Waals surface area (Å²) >= 11 is 0. The van der Waals surface area contributed by atoms with Gasteiger partial charge >= 0.3 is 5.97 Å². The molecule has 1 aliphatic heterocycles. The number of methoxy groups -OCH3 is 1. The molecule has 3 nitrogen and oxygen atoms in total. The van der Waals surface area contributed by atoms with Crippen molar-refractivity contribution in [3.8, 4) is 0 Å². The van der Waals surface area contributed by atoms with E-state index in [0.717, 1.165) is 17.7 Å². The maximum atomic E-state index is 11.6. The highest BCUT2D eigenvalue weighted by Crippen LogP contribution is 2.25. The first-order valence-corrected chi connectivity index (χ1v) is 5.37. The average molecular weight is 254 g/mol. The van der Waals surface area contributed by atoms with Crippen molar-refractivity contribution in [2.75, 3.05) is 20.2 Å². The van der Waals surface area contributed by atoms with E-state index >= 15 is 0 Å². The standard InChI is InChI=1S/C13H15NO2.ClH/c1-16-13(15)12-9-14-8-7-11(12)10-5-3-2-4-6-10;/h2-7,12,14H,8-9H2,1H3;1H. The molecule has 1 heterocycles. The van der Waals surface area contributed by atoms with Gasteiger partial charge in [0.1, 0.15) is 0 Å². The van der Waals surface area contributed by atoms with Crippen LogP contribution in [0, 0.1) is 5.92 Å². The quantitative estimate of drug-likeness (QED) is 0.818. The van der Waals surface area contributed by atoms with E-state index in [1.165, 1.54) is 7.11 Å². The van der Waals surface area contributed by atoms with Crippen molar-refractivity contribution in [3.05, 3.63) is 42.0 Å². The number of rotatable bonds is 2. The third-order valence-electron chi connectivity index (χ3n) is 2.78. The smallest absolute Gasteiger partial charge is 0.314 e. The van der Waals surface area contributed by atoms with E-state index in [9.17, 15) is 4.79 Å². The van der Waals surface area contributed by atoms with Gasteiger partial charge in [0.15, 0.2) is 0 Å². The van der Waals surface area contributed by atoms with Crippen molar-refractivity contribution < 1.29 is 9.53 Å². The molecule has 0 aliphatic carbocycles. The fourth-order valence-corrected chi connectivity index (χ4v) is 1.96. The van der Waals surface area contributed by atoms with Crippen molar-refractivity contribution in [1.29, 1.82) is 0 Å². The van der Waals surface area contributed by atoms with E-state index in [0.29, 0.717) is 6.54 Å². The molecule has 0 spiro atoms. The molecule has 0 bridgehead atoms. The second kappa shape index (κ2) is 6.42. The molecule has 0 amide bonds. The summed E-state index contributed by atoms with van der Waals surface area (Å²) in [4.78, 5) is 11.6. The molecule has 2 rings (SSSR count). The van der Waals surface area contributed by atoms with Gasteiger partial charge in [-0.05, 0) is 11.1 Å². The monoisotopic (exact) mass is 253 g/mol. The molecular weight excluding hydrogens is 238 g/mol. The molecule has 0 aromatic heterocycles. The number of halogens is 1. The third-order valence-corrected chi connectivity index (χ3v) is 2.78. The molecule has 0 saturated carbocycles. The highest BCUT2D eigenvalue weighted by atomic mass is 35.5. The van der Waals surface area contributed by atoms with Gasteiger partial charge in [-0.3, -0.25) is 4.79 Å². The summed E-state index contributed by atoms with van der Waals surface area (Å²) in [7, 11) is 1.43. The second-order valence-corrected chi connectivity index (χ2v) is 3.76. The highest BCUT2D eigenvalue weighted by Gasteiger charge is 2.26. The van der Waals surface area contributed by atoms with E-state index < -0.39 is 0 Å². The van der Waals surface area contributed by atoms with E-state index in [-0.39, 0.29) is 24.3 Å². The number of nitrogens with one attached hydrogen (secondary N) is 1. The molecule has 0 saturated heterocycles. The van der Waals surface area contributed by atoms with Crippen LogP contribution in [0.25, 0.3) is 5.57 Å². The van der Waals surface area contributed by atoms with Gasteiger partial charge in [-0.15, -0.1) is 12.4 Å². The zero-order valence-corrected chi connectivity index (χ0v) is 10.5. The number of hydrogen-bond acceptors (Lipinski definition) is 3. The molecule has 92 valence electrons. The van der Waals surface area contributed by atoms with Crippen LogP contribution in [0.15, 0.2) is 36.4 Å². The predicted molar refractivity (Wildman–Crippen MR) is 70.0 cm³/mol. The van der Waals surface area contributed by atoms with E-state index in [1.54, 1.807) is 0 Å². The Bertz CT molecular complexity index is 403. The molecule has 1 aliphatic rings. The minimum Gasteiger partial charge on any atom is -0.469 e. The molecule has 1 aromatic rings. The van der Waals surface area contributed by atoms with Gasteiger partial charge in [-0.1, -0.05) is 36.4 Å². The van der Waals surface area contributed by atoms with E-state index in [4.69, 9.17) is 4.74 Å². The molecule has 1 atom stereocenters. The minimum absolute atomic E-state index is 0. The number of esters is 1. The molecule has 0 fully saturated rings. The van der Waals surface area contributed by atoms with E-state index in [1.807, 2.05) is 30.3 Å². The second-order valence-electron chi connectivity index (χ2n) is 3.76. The first-order chi connectivity index (χ1) is 7.83. The summed E-state index contributed by atoms with van der Waals surface area (Å²) < 4.78 is 4.82. The predicted octanol–water partition coefficient (Wildman–Crippen LogP) is 1.88. The van der Waals surface area contributed by atoms with Crippen LogP contribution < -0.4 is 5.32 Å². The highest BCUT2D eigenvalue weighted by molar-refractivity contribution is 5.89. The summed E-state index contributed by atoms with van der Waals surface area (Å²) in [5, 5.41) is 3.17. The van der Waals surface area contributed by atoms with Crippen LogP contribution in [0.3, 0.4) is 0 Å². The lowest BCUT2D eigenvalue weighted by molar-refractivity contribution is -0.143. The molecule has 1 aromatic carbocycles. The number of carbonyl (C=O) groups excluding carboxylic acids is 1. The summed E-state index contributed by atoms with van der Waals surface area (Å²) in [5.74, 6) is -0.372. The van der Waals surface area contributed by atoms with Crippen molar-refractivity contribution >= 4 is 23.9 Å². The number of hydrogen-bond donors (Lipinski definition) is 1. The van der Waals surface area contributed by atoms with Crippen LogP contribution in [-0.4, -0.2) is 26.2 Å². The molecule has 1 unspecified atom stereocenters. The van der Waals surface area contributed by atoms with Crippen LogP contribution in [0.2, 0.25) is 0 Å². The molecule has 1 N–H and O–H groups in total. The Labute approximate surface area is 107 Å². The third kappa shape index (κ3) is 3.08. The average Bonchev–Trinajstić information content (AvgIpc) is 2.39. The maximum Gasteiger partial charge on any atom is 0.314 e. The zero-order valence-electron chi connectivity index (χ0n) is 9.68. The van der Waals surface area contributed by atoms with Crippen LogP contribution in [0.1, 0.15) is 5.56 Å². The Morgan fingerprint density at radius 2 is 2.06 bits per heavy atom. The Hall–Kier alpha value is -1.32. The Balaban J connectivity index is 0.00000144. The number of ether oxygens (including phenoxy) is 1. The van der Waals surface area contributed by atoms with Crippen LogP contribution >= 0.6 is 12.4 Å². The van der Waals surface area contributed by atoms with Gasteiger partial charge < -0.3 is 10.1 Å². The molecule has 0 radical (unpaired) electrons. The zero-order chi connectivity index (χ0) is 11.4. The maximum absolute atomic E-state index is 11.6. The Morgan fingerprint density at radius 1 is 1.35 bits per heavy atom. The lowest BCUT2D eigenvalue weighted by atomic mass is 9.90. The van der Waals surface area contributed by atoms with Crippen LogP contribution in [0.5, 0.6) is 0 Å². The van der Waals surface area contributed by atoms with Crippen LogP contribution in [-0.2, 0) is 9.53 Å². The van der Waals surface area contributed by atoms with Gasteiger partial charge in [0, 0.05) is 13.1 Å². The Kier molecular flexibility index (Phi) is 5.19. The summed E-state index contributed by atoms with van der Waals surface area (Å²) in [6.07, 6.45) is 2.06. The topological polar surface area (TPSA) is 38.3 Å². The van der Waals surface area contributed by atoms with Crippen molar-refractivity contribution in [2.24, 2.45) is 5.92 Å². The first kappa shape index (κ1) is 13.7. The Morgan fingerprint density at radius 3 is 2.71 bits per heavy atom. The van der Waals surface area contributed by atoms with Gasteiger partial charge in [-0.25, -0.2) is 0 Å². The number of carbonyl (C=O) groups is 1. The van der Waals surface area contributed by atoms with Crippen molar-refractivity contribution in [2.45, 2.75) is 0 Å². The SMILES string of the molecule is COC(=O)C1CNCC=C1c1ccccc1.Cl. The fourth-order valence-electron chi connectivity index (χ4n) is 1.96. The van der Waals surface area contributed by atoms with Crippen molar-refractivity contribution in [1.82, 2.24) is 5.32 Å². The molecule has 17 heavy (non-hydrogen) atoms. The van der Waals surface area contributed by atoms with Gasteiger partial charge in [0.25, 0.3) is 0 Å². The van der Waals surface area contributed by atoms with Gasteiger partial charge in [0.05, 0.1) is 13.0 Å². The largest absolute Gasteiger partial charge is 0.469 e. The van der Waals surface area contributed by atoms with Crippen LogP contribution in [0.4, 0.5) is 0 Å². The minimum atomic E-state index is -0.193. The van der Waals surface area contributed by atoms with E-state index in [2.05, 4.69) is 11.4 Å². The lowest BCUT2D eigenvalue weighted by Crippen LogP contribution is -2.34. The summed E-state index contributed by atoms with van der Waals surface area (Å²) in [6, 6.07) is 9.97. The molecular formula is C13H16ClNO2. The summed E-state index contributed by atoms with van der Waals surface area (Å²) in [5.41, 5.74) is 2.16. The fraction of sp³-hybridized carbons (Fsp3) is 0.308. The van der Waals surface area contributed by atoms with Crippen molar-refractivity contribution in [3.63, 3.8) is 0 Å².